The van der Waals surface area contributed by atoms with Gasteiger partial charge in [0.1, 0.15) is 5.75 Å². The number of rotatable bonds is 5. The maximum absolute atomic E-state index is 14.7. The van der Waals surface area contributed by atoms with E-state index < -0.39 is 44.2 Å². The average Bonchev–Trinajstić information content (AvgIpc) is 2.56. The largest absolute Gasteiger partial charge is 0.430 e. The first-order valence-electron chi connectivity index (χ1n) is 9.60. The molecule has 0 amide bonds. The molecule has 1 radical (unpaired) electrons. The summed E-state index contributed by atoms with van der Waals surface area (Å²) < 4.78 is 125. The Balaban J connectivity index is 0.00000432. The van der Waals surface area contributed by atoms with Crippen LogP contribution in [0.15, 0.2) is 41.3 Å². The normalized spacial score (nSPS) is 14.1. The van der Waals surface area contributed by atoms with Gasteiger partial charge < -0.3 is 4.74 Å². The van der Waals surface area contributed by atoms with Crippen LogP contribution >= 0.6 is 10.2 Å². The minimum absolute atomic E-state index is 0. The maximum atomic E-state index is 14.7. The molecule has 3 aromatic rings. The fraction of sp³-hybridized carbons (Fsp3) is 0.217. The second-order valence-electron chi connectivity index (χ2n) is 8.02. The molecule has 12 heteroatoms. The Bertz CT molecular complexity index is 1260. The molecule has 0 fully saturated rings. The van der Waals surface area contributed by atoms with Gasteiger partial charge in [-0.1, -0.05) is 60.7 Å². The third-order valence-electron chi connectivity index (χ3n) is 5.00. The molecule has 3 rings (SSSR count). The van der Waals surface area contributed by atoms with Gasteiger partial charge in [0.2, 0.25) is 0 Å². The van der Waals surface area contributed by atoms with E-state index in [1.165, 1.54) is 19.1 Å². The molecule has 1 nitrogen and oxygen atoms in total. The van der Waals surface area contributed by atoms with Gasteiger partial charge in [-0.25, -0.2) is 8.78 Å². The van der Waals surface area contributed by atoms with E-state index in [0.717, 1.165) is 22.3 Å². The minimum Gasteiger partial charge on any atom is -0.430 e. The summed E-state index contributed by atoms with van der Waals surface area (Å²) in [6.07, 6.45) is -4.30. The zero-order valence-electron chi connectivity index (χ0n) is 18.8. The molecular weight excluding hydrogens is 634 g/mol. The number of hydrogen-bond donors (Lipinski definition) is 0. The molecule has 0 aliphatic heterocycles. The Morgan fingerprint density at radius 3 is 1.69 bits per heavy atom. The van der Waals surface area contributed by atoms with Gasteiger partial charge in [0.05, 0.1) is 0 Å². The first-order chi connectivity index (χ1) is 15.2. The van der Waals surface area contributed by atoms with E-state index in [1.54, 1.807) is 0 Å². The first kappa shape index (κ1) is 29.6. The van der Waals surface area contributed by atoms with E-state index in [-0.39, 0.29) is 53.3 Å². The van der Waals surface area contributed by atoms with Crippen LogP contribution in [0.1, 0.15) is 27.8 Å². The standard InChI is InChI=1S/C23H18F9OS.La/c1-12-7-14(3)21(15(4)8-12)16-5-6-18(13(2)9-16)23(26,27)33-17-10-19(24)22(20(25)11-17)34(28,29,30,31)32;/h5,7-11H,1-4H3;/q-1;. The molecule has 0 saturated carbocycles. The van der Waals surface area contributed by atoms with Crippen molar-refractivity contribution in [3.05, 3.63) is 81.9 Å². The number of aryl methyl sites for hydroxylation is 4. The molecule has 0 bridgehead atoms. The molecule has 0 atom stereocenters. The van der Waals surface area contributed by atoms with Crippen LogP contribution in [-0.2, 0) is 6.11 Å². The van der Waals surface area contributed by atoms with E-state index in [9.17, 15) is 37.0 Å². The van der Waals surface area contributed by atoms with E-state index in [0.29, 0.717) is 5.56 Å². The molecule has 0 spiro atoms. The zero-order valence-corrected chi connectivity index (χ0v) is 23.2. The number of benzene rings is 3. The zero-order chi connectivity index (χ0) is 25.9. The SMILES string of the molecule is Cc1cc(C)c(-c2c[c-]c(C(F)(F)Oc3cc(F)c(S(F)(F)(F)(F)F)c(F)c3)c(C)c2)c(C)c1.[La]. The van der Waals surface area contributed by atoms with Crippen LogP contribution in [0.5, 0.6) is 5.75 Å². The summed E-state index contributed by atoms with van der Waals surface area (Å²) in [6, 6.07) is 8.09. The van der Waals surface area contributed by atoms with Gasteiger partial charge in [-0.15, -0.1) is 11.1 Å². The van der Waals surface area contributed by atoms with Gasteiger partial charge >= 0.3 is 16.3 Å². The molecule has 189 valence electrons. The fourth-order valence-electron chi connectivity index (χ4n) is 3.87. The molecule has 0 saturated heterocycles. The van der Waals surface area contributed by atoms with Crippen LogP contribution in [0.4, 0.5) is 37.0 Å². The number of halogens is 9. The van der Waals surface area contributed by atoms with E-state index >= 15 is 0 Å². The Morgan fingerprint density at radius 2 is 1.26 bits per heavy atom. The summed E-state index contributed by atoms with van der Waals surface area (Å²) in [5, 5.41) is 0. The Kier molecular flexibility index (Phi) is 7.40. The fourth-order valence-corrected chi connectivity index (χ4v) is 4.72. The predicted octanol–water partition coefficient (Wildman–Crippen LogP) is 9.45. The van der Waals surface area contributed by atoms with Crippen LogP contribution in [0.25, 0.3) is 11.1 Å². The van der Waals surface area contributed by atoms with Gasteiger partial charge in [-0.3, -0.25) is 0 Å². The van der Waals surface area contributed by atoms with E-state index in [1.807, 2.05) is 32.9 Å². The van der Waals surface area contributed by atoms with E-state index in [2.05, 4.69) is 10.8 Å². The molecule has 0 unspecified atom stereocenters. The van der Waals surface area contributed by atoms with Crippen molar-refractivity contribution in [3.63, 3.8) is 0 Å². The summed E-state index contributed by atoms with van der Waals surface area (Å²) in [5.74, 6) is -6.95. The van der Waals surface area contributed by atoms with Crippen molar-refractivity contribution in [1.82, 2.24) is 0 Å². The summed E-state index contributed by atoms with van der Waals surface area (Å²) in [5.41, 5.74) is 3.24. The van der Waals surface area contributed by atoms with Crippen LogP contribution in [0.3, 0.4) is 0 Å². The molecule has 0 aliphatic rings. The predicted molar refractivity (Wildman–Crippen MR) is 112 cm³/mol. The summed E-state index contributed by atoms with van der Waals surface area (Å²) in [4.78, 5) is -3.42. The van der Waals surface area contributed by atoms with Crippen molar-refractivity contribution in [1.29, 1.82) is 0 Å². The van der Waals surface area contributed by atoms with Crippen LogP contribution in [0, 0.1) is 81.0 Å². The van der Waals surface area contributed by atoms with Crippen molar-refractivity contribution in [2.75, 3.05) is 0 Å². The minimum atomic E-state index is -10.7. The Hall–Kier alpha value is -1.63. The van der Waals surface area contributed by atoms with Gasteiger partial charge in [0.25, 0.3) is 0 Å². The molecule has 35 heavy (non-hydrogen) atoms. The van der Waals surface area contributed by atoms with Crippen molar-refractivity contribution >= 4 is 10.2 Å². The van der Waals surface area contributed by atoms with Gasteiger partial charge in [-0.05, 0) is 26.3 Å². The second kappa shape index (κ2) is 8.74. The molecule has 0 aliphatic carbocycles. The van der Waals surface area contributed by atoms with Crippen molar-refractivity contribution in [2.24, 2.45) is 0 Å². The van der Waals surface area contributed by atoms with Gasteiger partial charge in [-0.2, -0.15) is 27.0 Å². The number of alkyl halides is 2. The third kappa shape index (κ3) is 6.39. The molecule has 0 aromatic heterocycles. The summed E-state index contributed by atoms with van der Waals surface area (Å²) in [6.45, 7) is 6.88. The van der Waals surface area contributed by atoms with E-state index in [4.69, 9.17) is 0 Å². The third-order valence-corrected chi connectivity index (χ3v) is 6.16. The second-order valence-corrected chi connectivity index (χ2v) is 10.4. The monoisotopic (exact) mass is 652 g/mol. The smallest absolute Gasteiger partial charge is 0.403 e. The van der Waals surface area contributed by atoms with Gasteiger partial charge in [0.15, 0.2) is 16.5 Å². The van der Waals surface area contributed by atoms with Crippen LogP contribution in [-0.4, -0.2) is 0 Å². The first-order valence-corrected chi connectivity index (χ1v) is 11.6. The molecule has 0 heterocycles. The summed E-state index contributed by atoms with van der Waals surface area (Å²) >= 11 is 0. The molecular formula is C23H18F9LaOS-. The average molecular weight is 652 g/mol. The van der Waals surface area contributed by atoms with Gasteiger partial charge in [0, 0.05) is 47.7 Å². The quantitative estimate of drug-likeness (QED) is 0.197. The number of hydrogen-bond acceptors (Lipinski definition) is 1. The topological polar surface area (TPSA) is 9.23 Å². The molecule has 3 aromatic carbocycles. The summed E-state index contributed by atoms with van der Waals surface area (Å²) in [7, 11) is -10.7. The Morgan fingerprint density at radius 1 is 0.771 bits per heavy atom. The van der Waals surface area contributed by atoms with Crippen LogP contribution in [0.2, 0.25) is 0 Å². The van der Waals surface area contributed by atoms with Crippen molar-refractivity contribution < 1.29 is 77.3 Å². The Labute approximate surface area is 224 Å². The number of ether oxygens (including phenoxy) is 1. The van der Waals surface area contributed by atoms with Crippen LogP contribution < -0.4 is 4.74 Å². The maximum Gasteiger partial charge on any atom is 0.403 e. The molecule has 0 N–H and O–H groups in total. The van der Waals surface area contributed by atoms with Crippen molar-refractivity contribution in [2.45, 2.75) is 38.7 Å². The van der Waals surface area contributed by atoms with Crippen molar-refractivity contribution in [3.8, 4) is 16.9 Å².